The number of carbonyl (C=O) groups is 1. The largest absolute Gasteiger partial charge is 0.481 e. The van der Waals surface area contributed by atoms with Crippen molar-refractivity contribution in [2.45, 2.75) is 57.0 Å². The molecule has 0 aromatic carbocycles. The Hall–Kier alpha value is -0.610. The molecule has 0 spiro atoms. The highest BCUT2D eigenvalue weighted by Crippen LogP contribution is 2.26. The van der Waals surface area contributed by atoms with Crippen LogP contribution in [-0.2, 0) is 4.79 Å². The molecule has 2 rings (SSSR count). The summed E-state index contributed by atoms with van der Waals surface area (Å²) in [6, 6.07) is 1.19. The van der Waals surface area contributed by atoms with Crippen LogP contribution in [0.2, 0.25) is 0 Å². The van der Waals surface area contributed by atoms with Crippen molar-refractivity contribution >= 4 is 5.97 Å². The number of carboxylic acids is 1. The van der Waals surface area contributed by atoms with Crippen LogP contribution in [0.15, 0.2) is 0 Å². The zero-order chi connectivity index (χ0) is 13.0. The summed E-state index contributed by atoms with van der Waals surface area (Å²) in [6.45, 7) is 3.36. The van der Waals surface area contributed by atoms with Crippen molar-refractivity contribution in [1.29, 1.82) is 0 Å². The third-order valence-corrected chi connectivity index (χ3v) is 4.56. The molecule has 1 saturated carbocycles. The Bertz CT molecular complexity index is 277. The Kier molecular flexibility index (Phi) is 5.01. The van der Waals surface area contributed by atoms with Crippen LogP contribution in [0.3, 0.4) is 0 Å². The molecular weight excluding hydrogens is 228 g/mol. The fourth-order valence-corrected chi connectivity index (χ4v) is 3.41. The SMILES string of the molecule is CN1CCCN(C2CCCC2)CC1CCC(=O)O. The highest BCUT2D eigenvalue weighted by Gasteiger charge is 2.28. The van der Waals surface area contributed by atoms with Gasteiger partial charge in [0.1, 0.15) is 0 Å². The van der Waals surface area contributed by atoms with Gasteiger partial charge in [-0.25, -0.2) is 0 Å². The minimum Gasteiger partial charge on any atom is -0.481 e. The van der Waals surface area contributed by atoms with Gasteiger partial charge in [-0.1, -0.05) is 12.8 Å². The minimum absolute atomic E-state index is 0.299. The summed E-state index contributed by atoms with van der Waals surface area (Å²) in [5.41, 5.74) is 0. The van der Waals surface area contributed by atoms with Gasteiger partial charge in [-0.3, -0.25) is 9.69 Å². The molecule has 2 aliphatic rings. The first-order chi connectivity index (χ1) is 8.66. The first kappa shape index (κ1) is 13.8. The van der Waals surface area contributed by atoms with Gasteiger partial charge in [-0.15, -0.1) is 0 Å². The van der Waals surface area contributed by atoms with Crippen LogP contribution in [0.5, 0.6) is 0 Å². The van der Waals surface area contributed by atoms with E-state index in [0.29, 0.717) is 12.5 Å². The minimum atomic E-state index is -0.667. The number of hydrogen-bond acceptors (Lipinski definition) is 3. The van der Waals surface area contributed by atoms with Crippen LogP contribution >= 0.6 is 0 Å². The number of hydrogen-bond donors (Lipinski definition) is 1. The smallest absolute Gasteiger partial charge is 0.303 e. The third kappa shape index (κ3) is 3.69. The molecule has 1 unspecified atom stereocenters. The second-order valence-corrected chi connectivity index (χ2v) is 5.85. The normalized spacial score (nSPS) is 28.4. The lowest BCUT2D eigenvalue weighted by molar-refractivity contribution is -0.137. The van der Waals surface area contributed by atoms with Gasteiger partial charge in [-0.2, -0.15) is 0 Å². The summed E-state index contributed by atoms with van der Waals surface area (Å²) in [6.07, 6.45) is 7.73. The number of carboxylic acid groups (broad SMARTS) is 1. The van der Waals surface area contributed by atoms with Gasteiger partial charge < -0.3 is 10.0 Å². The van der Waals surface area contributed by atoms with Crippen molar-refractivity contribution in [3.63, 3.8) is 0 Å². The van der Waals surface area contributed by atoms with E-state index < -0.39 is 5.97 Å². The van der Waals surface area contributed by atoms with Gasteiger partial charge in [0.15, 0.2) is 0 Å². The average molecular weight is 254 g/mol. The van der Waals surface area contributed by atoms with E-state index >= 15 is 0 Å². The summed E-state index contributed by atoms with van der Waals surface area (Å²) in [7, 11) is 2.14. The van der Waals surface area contributed by atoms with E-state index in [1.807, 2.05) is 0 Å². The highest BCUT2D eigenvalue weighted by molar-refractivity contribution is 5.66. The molecule has 1 aliphatic heterocycles. The maximum Gasteiger partial charge on any atom is 0.303 e. The molecule has 1 saturated heterocycles. The quantitative estimate of drug-likeness (QED) is 0.831. The van der Waals surface area contributed by atoms with Crippen LogP contribution in [0.25, 0.3) is 0 Å². The summed E-state index contributed by atoms with van der Waals surface area (Å²) in [5, 5.41) is 8.85. The standard InChI is InChI=1S/C14H26N2O2/c1-15-9-4-10-16(12-5-2-3-6-12)11-13(15)7-8-14(17)18/h12-13H,2-11H2,1H3,(H,17,18). The Morgan fingerprint density at radius 2 is 1.94 bits per heavy atom. The van der Waals surface area contributed by atoms with Crippen molar-refractivity contribution in [2.24, 2.45) is 0 Å². The first-order valence-electron chi connectivity index (χ1n) is 7.33. The fraction of sp³-hybridized carbons (Fsp3) is 0.929. The number of nitrogens with zero attached hydrogens (tertiary/aromatic N) is 2. The summed E-state index contributed by atoms with van der Waals surface area (Å²) < 4.78 is 0. The van der Waals surface area contributed by atoms with Crippen molar-refractivity contribution in [3.05, 3.63) is 0 Å². The van der Waals surface area contributed by atoms with Crippen LogP contribution in [-0.4, -0.2) is 59.6 Å². The molecule has 0 aromatic rings. The maximum atomic E-state index is 10.7. The van der Waals surface area contributed by atoms with E-state index in [2.05, 4.69) is 16.8 Å². The van der Waals surface area contributed by atoms with Crippen molar-refractivity contribution < 1.29 is 9.90 Å². The predicted molar refractivity (Wildman–Crippen MR) is 71.7 cm³/mol. The topological polar surface area (TPSA) is 43.8 Å². The highest BCUT2D eigenvalue weighted by atomic mass is 16.4. The molecule has 0 amide bonds. The van der Waals surface area contributed by atoms with Crippen molar-refractivity contribution in [3.8, 4) is 0 Å². The second kappa shape index (κ2) is 6.53. The first-order valence-corrected chi connectivity index (χ1v) is 7.33. The molecule has 4 heteroatoms. The van der Waals surface area contributed by atoms with E-state index in [0.717, 1.165) is 25.6 Å². The third-order valence-electron chi connectivity index (χ3n) is 4.56. The molecule has 1 atom stereocenters. The van der Waals surface area contributed by atoms with Gasteiger partial charge in [0.05, 0.1) is 0 Å². The molecule has 0 aromatic heterocycles. The molecule has 18 heavy (non-hydrogen) atoms. The Balaban J connectivity index is 1.91. The lowest BCUT2D eigenvalue weighted by Gasteiger charge is -2.32. The Morgan fingerprint density at radius 1 is 1.22 bits per heavy atom. The molecule has 1 heterocycles. The number of aliphatic carboxylic acids is 1. The molecule has 0 radical (unpaired) electrons. The molecule has 1 N–H and O–H groups in total. The summed E-state index contributed by atoms with van der Waals surface area (Å²) in [5.74, 6) is -0.667. The van der Waals surface area contributed by atoms with Crippen LogP contribution in [0, 0.1) is 0 Å². The Morgan fingerprint density at radius 3 is 2.61 bits per heavy atom. The average Bonchev–Trinajstić information content (AvgIpc) is 2.79. The van der Waals surface area contributed by atoms with Gasteiger partial charge >= 0.3 is 5.97 Å². The molecule has 2 fully saturated rings. The summed E-state index contributed by atoms with van der Waals surface area (Å²) >= 11 is 0. The number of rotatable bonds is 4. The van der Waals surface area contributed by atoms with E-state index in [9.17, 15) is 4.79 Å². The molecule has 4 nitrogen and oxygen atoms in total. The molecule has 104 valence electrons. The predicted octanol–water partition coefficient (Wildman–Crippen LogP) is 1.80. The van der Waals surface area contributed by atoms with Gasteiger partial charge in [-0.05, 0) is 45.8 Å². The van der Waals surface area contributed by atoms with E-state index in [1.54, 1.807) is 0 Å². The van der Waals surface area contributed by atoms with Crippen LogP contribution in [0.1, 0.15) is 44.9 Å². The van der Waals surface area contributed by atoms with Crippen molar-refractivity contribution in [1.82, 2.24) is 9.80 Å². The Labute approximate surface area is 110 Å². The number of likely N-dealkylation sites (N-methyl/N-ethyl adjacent to an activating group) is 1. The van der Waals surface area contributed by atoms with E-state index in [4.69, 9.17) is 5.11 Å². The van der Waals surface area contributed by atoms with Gasteiger partial charge in [0, 0.05) is 25.0 Å². The summed E-state index contributed by atoms with van der Waals surface area (Å²) in [4.78, 5) is 15.7. The van der Waals surface area contributed by atoms with Gasteiger partial charge in [0.25, 0.3) is 0 Å². The van der Waals surface area contributed by atoms with E-state index in [-0.39, 0.29) is 0 Å². The van der Waals surface area contributed by atoms with Crippen LogP contribution in [0.4, 0.5) is 0 Å². The van der Waals surface area contributed by atoms with Crippen LogP contribution < -0.4 is 0 Å². The lowest BCUT2D eigenvalue weighted by Crippen LogP contribution is -2.42. The zero-order valence-corrected chi connectivity index (χ0v) is 11.5. The maximum absolute atomic E-state index is 10.7. The molecule has 0 bridgehead atoms. The zero-order valence-electron chi connectivity index (χ0n) is 11.5. The van der Waals surface area contributed by atoms with Crippen molar-refractivity contribution in [2.75, 3.05) is 26.7 Å². The second-order valence-electron chi connectivity index (χ2n) is 5.85. The lowest BCUT2D eigenvalue weighted by atomic mass is 10.1. The fourth-order valence-electron chi connectivity index (χ4n) is 3.41. The van der Waals surface area contributed by atoms with E-state index in [1.165, 1.54) is 38.6 Å². The monoisotopic (exact) mass is 254 g/mol. The molecule has 1 aliphatic carbocycles. The molecular formula is C14H26N2O2. The van der Waals surface area contributed by atoms with Gasteiger partial charge in [0.2, 0.25) is 0 Å².